The average Bonchev–Trinajstić information content (AvgIpc) is 2.83. The van der Waals surface area contributed by atoms with E-state index in [0.717, 1.165) is 4.47 Å². The molecule has 100 valence electrons. The Kier molecular flexibility index (Phi) is 4.32. The number of nitrogens with one attached hydrogen (secondary N) is 1. The van der Waals surface area contributed by atoms with Crippen molar-refractivity contribution in [1.82, 2.24) is 4.57 Å². The van der Waals surface area contributed by atoms with Crippen molar-refractivity contribution in [3.05, 3.63) is 51.7 Å². The van der Waals surface area contributed by atoms with Gasteiger partial charge in [0.25, 0.3) is 5.91 Å². The van der Waals surface area contributed by atoms with Crippen LogP contribution < -0.4 is 5.32 Å². The Morgan fingerprint density at radius 2 is 2.11 bits per heavy atom. The van der Waals surface area contributed by atoms with E-state index in [9.17, 15) is 4.79 Å². The van der Waals surface area contributed by atoms with Gasteiger partial charge in [0.05, 0.1) is 5.02 Å². The van der Waals surface area contributed by atoms with Gasteiger partial charge in [-0.15, -0.1) is 0 Å². The van der Waals surface area contributed by atoms with Gasteiger partial charge in [0.15, 0.2) is 0 Å². The van der Waals surface area contributed by atoms with Crippen LogP contribution in [-0.2, 0) is 0 Å². The predicted octanol–water partition coefficient (Wildman–Crippen LogP) is 4.74. The number of benzene rings is 1. The van der Waals surface area contributed by atoms with Gasteiger partial charge in [-0.1, -0.05) is 11.6 Å². The minimum atomic E-state index is -0.132. The quantitative estimate of drug-likeness (QED) is 0.860. The molecular formula is C14H14BrClN2O. The Morgan fingerprint density at radius 1 is 1.37 bits per heavy atom. The fraction of sp³-hybridized carbons (Fsp3) is 0.214. The minimum Gasteiger partial charge on any atom is -0.341 e. The Bertz CT molecular complexity index is 607. The largest absolute Gasteiger partial charge is 0.341 e. The molecule has 19 heavy (non-hydrogen) atoms. The summed E-state index contributed by atoms with van der Waals surface area (Å²) in [7, 11) is 0. The van der Waals surface area contributed by atoms with E-state index in [1.165, 1.54) is 0 Å². The molecule has 1 aromatic heterocycles. The first kappa shape index (κ1) is 14.2. The van der Waals surface area contributed by atoms with Crippen LogP contribution >= 0.6 is 27.5 Å². The van der Waals surface area contributed by atoms with Crippen LogP contribution in [-0.4, -0.2) is 10.5 Å². The maximum absolute atomic E-state index is 12.2. The summed E-state index contributed by atoms with van der Waals surface area (Å²) in [5.74, 6) is -0.132. The van der Waals surface area contributed by atoms with Crippen molar-refractivity contribution in [2.75, 3.05) is 5.32 Å². The van der Waals surface area contributed by atoms with Crippen molar-refractivity contribution in [3.63, 3.8) is 0 Å². The van der Waals surface area contributed by atoms with Gasteiger partial charge in [-0.2, -0.15) is 0 Å². The molecule has 0 atom stereocenters. The highest BCUT2D eigenvalue weighted by atomic mass is 79.9. The van der Waals surface area contributed by atoms with Crippen molar-refractivity contribution < 1.29 is 4.79 Å². The third-order valence-corrected chi connectivity index (χ3v) is 3.96. The van der Waals surface area contributed by atoms with Gasteiger partial charge in [0.2, 0.25) is 0 Å². The van der Waals surface area contributed by atoms with E-state index in [2.05, 4.69) is 21.2 Å². The Balaban J connectivity index is 2.21. The van der Waals surface area contributed by atoms with Crippen molar-refractivity contribution in [2.24, 2.45) is 0 Å². The predicted molar refractivity (Wildman–Crippen MR) is 81.9 cm³/mol. The van der Waals surface area contributed by atoms with Crippen LogP contribution in [0.1, 0.15) is 30.4 Å². The highest BCUT2D eigenvalue weighted by Crippen LogP contribution is 2.26. The first-order valence-corrected chi connectivity index (χ1v) is 7.09. The molecule has 0 unspecified atom stereocenters. The van der Waals surface area contributed by atoms with E-state index >= 15 is 0 Å². The zero-order chi connectivity index (χ0) is 14.0. The summed E-state index contributed by atoms with van der Waals surface area (Å²) in [6.07, 6.45) is 1.90. The molecule has 2 aromatic rings. The molecule has 1 N–H and O–H groups in total. The number of nitrogens with zero attached hydrogens (tertiary/aromatic N) is 1. The zero-order valence-electron chi connectivity index (χ0n) is 10.7. The summed E-state index contributed by atoms with van der Waals surface area (Å²) in [5.41, 5.74) is 1.35. The van der Waals surface area contributed by atoms with Crippen LogP contribution in [0, 0.1) is 0 Å². The number of carbonyl (C=O) groups excluding carboxylic acids is 1. The summed E-state index contributed by atoms with van der Waals surface area (Å²) in [6, 6.07) is 9.21. The van der Waals surface area contributed by atoms with Crippen LogP contribution in [0.4, 0.5) is 5.69 Å². The molecule has 0 saturated heterocycles. The Morgan fingerprint density at radius 3 is 2.74 bits per heavy atom. The molecule has 0 fully saturated rings. The van der Waals surface area contributed by atoms with E-state index in [-0.39, 0.29) is 11.9 Å². The molecule has 5 heteroatoms. The van der Waals surface area contributed by atoms with Crippen LogP contribution in [0.5, 0.6) is 0 Å². The van der Waals surface area contributed by atoms with Crippen molar-refractivity contribution in [3.8, 4) is 0 Å². The third kappa shape index (κ3) is 3.19. The van der Waals surface area contributed by atoms with Gasteiger partial charge >= 0.3 is 0 Å². The first-order valence-electron chi connectivity index (χ1n) is 5.92. The van der Waals surface area contributed by atoms with Crippen molar-refractivity contribution in [2.45, 2.75) is 19.9 Å². The molecule has 0 radical (unpaired) electrons. The van der Waals surface area contributed by atoms with Crippen LogP contribution in [0.15, 0.2) is 41.0 Å². The van der Waals surface area contributed by atoms with Gasteiger partial charge in [-0.05, 0) is 60.1 Å². The Hall–Kier alpha value is -1.26. The van der Waals surface area contributed by atoms with E-state index in [0.29, 0.717) is 16.4 Å². The normalized spacial score (nSPS) is 10.8. The number of anilines is 1. The molecule has 0 aliphatic carbocycles. The second-order valence-electron chi connectivity index (χ2n) is 4.48. The van der Waals surface area contributed by atoms with Gasteiger partial charge in [-0.25, -0.2) is 0 Å². The lowest BCUT2D eigenvalue weighted by atomic mass is 10.3. The maximum Gasteiger partial charge on any atom is 0.272 e. The highest BCUT2D eigenvalue weighted by molar-refractivity contribution is 9.10. The molecule has 2 rings (SSSR count). The summed E-state index contributed by atoms with van der Waals surface area (Å²) >= 11 is 9.25. The van der Waals surface area contributed by atoms with E-state index in [1.54, 1.807) is 24.3 Å². The van der Waals surface area contributed by atoms with E-state index < -0.39 is 0 Å². The minimum absolute atomic E-state index is 0.132. The molecule has 0 spiro atoms. The second kappa shape index (κ2) is 5.80. The van der Waals surface area contributed by atoms with Crippen molar-refractivity contribution >= 4 is 39.1 Å². The molecule has 0 aliphatic rings. The molecule has 0 saturated carbocycles. The number of halogens is 2. The number of carbonyl (C=O) groups is 1. The maximum atomic E-state index is 12.2. The summed E-state index contributed by atoms with van der Waals surface area (Å²) in [5, 5.41) is 3.47. The van der Waals surface area contributed by atoms with Crippen molar-refractivity contribution in [1.29, 1.82) is 0 Å². The van der Waals surface area contributed by atoms with Crippen LogP contribution in [0.25, 0.3) is 0 Å². The van der Waals surface area contributed by atoms with Gasteiger partial charge in [0, 0.05) is 22.4 Å². The molecule has 3 nitrogen and oxygen atoms in total. The fourth-order valence-corrected chi connectivity index (χ4v) is 2.30. The smallest absolute Gasteiger partial charge is 0.272 e. The molecule has 1 amide bonds. The number of hydrogen-bond donors (Lipinski definition) is 1. The summed E-state index contributed by atoms with van der Waals surface area (Å²) in [6.45, 7) is 4.07. The second-order valence-corrected chi connectivity index (χ2v) is 5.74. The molecular weight excluding hydrogens is 328 g/mol. The molecule has 1 heterocycles. The molecule has 0 bridgehead atoms. The fourth-order valence-electron chi connectivity index (χ4n) is 1.81. The van der Waals surface area contributed by atoms with E-state index in [4.69, 9.17) is 11.6 Å². The lowest BCUT2D eigenvalue weighted by Gasteiger charge is -2.13. The number of rotatable bonds is 3. The average molecular weight is 342 g/mol. The molecule has 0 aliphatic heterocycles. The van der Waals surface area contributed by atoms with Gasteiger partial charge in [-0.3, -0.25) is 4.79 Å². The SMILES string of the molecule is CC(C)n1cccc1C(=O)Nc1ccc(Cl)c(Br)c1. The standard InChI is InChI=1S/C14H14BrClN2O/c1-9(2)18-7-3-4-13(18)14(19)17-10-5-6-12(16)11(15)8-10/h3-9H,1-2H3,(H,17,19). The number of amides is 1. The van der Waals surface area contributed by atoms with Gasteiger partial charge in [0.1, 0.15) is 5.69 Å². The van der Waals surface area contributed by atoms with Crippen LogP contribution in [0.2, 0.25) is 5.02 Å². The monoisotopic (exact) mass is 340 g/mol. The summed E-state index contributed by atoms with van der Waals surface area (Å²) in [4.78, 5) is 12.2. The third-order valence-electron chi connectivity index (χ3n) is 2.75. The van der Waals surface area contributed by atoms with Gasteiger partial charge < -0.3 is 9.88 Å². The topological polar surface area (TPSA) is 34.0 Å². The number of aromatic nitrogens is 1. The zero-order valence-corrected chi connectivity index (χ0v) is 13.0. The summed E-state index contributed by atoms with van der Waals surface area (Å²) < 4.78 is 2.69. The lowest BCUT2D eigenvalue weighted by molar-refractivity contribution is 0.101. The van der Waals surface area contributed by atoms with Crippen LogP contribution in [0.3, 0.4) is 0 Å². The van der Waals surface area contributed by atoms with E-state index in [1.807, 2.05) is 30.7 Å². The number of hydrogen-bond acceptors (Lipinski definition) is 1. The lowest BCUT2D eigenvalue weighted by Crippen LogP contribution is -2.17. The highest BCUT2D eigenvalue weighted by Gasteiger charge is 2.13. The first-order chi connectivity index (χ1) is 8.99. The Labute approximate surface area is 125 Å². The molecule has 1 aromatic carbocycles.